The van der Waals surface area contributed by atoms with Crippen LogP contribution in [-0.4, -0.2) is 27.2 Å². The Kier molecular flexibility index (Phi) is 4.47. The number of thiophene rings is 1. The van der Waals surface area contributed by atoms with Crippen LogP contribution in [0, 0.1) is 25.2 Å². The van der Waals surface area contributed by atoms with Crippen molar-refractivity contribution in [1.29, 1.82) is 5.26 Å². The van der Waals surface area contributed by atoms with Crippen molar-refractivity contribution in [1.82, 2.24) is 5.16 Å². The normalized spacial score (nSPS) is 11.5. The molecule has 0 atom stereocenters. The number of anilines is 1. The van der Waals surface area contributed by atoms with Gasteiger partial charge in [0.05, 0.1) is 17.3 Å². The molecule has 0 aromatic carbocycles. The van der Waals surface area contributed by atoms with E-state index in [1.54, 1.807) is 18.4 Å². The van der Waals surface area contributed by atoms with Crippen LogP contribution in [0.2, 0.25) is 0 Å². The Morgan fingerprint density at radius 1 is 1.39 bits per heavy atom. The number of nitrogens with zero attached hydrogens (tertiary/aromatic N) is 2. The maximum atomic E-state index is 12.2. The molecule has 1 amide bonds. The number of hydrogen-bond acceptors (Lipinski definition) is 7. The van der Waals surface area contributed by atoms with E-state index in [1.165, 1.54) is 13.1 Å². The van der Waals surface area contributed by atoms with Crippen LogP contribution < -0.4 is 5.32 Å². The number of amides is 1. The van der Waals surface area contributed by atoms with Gasteiger partial charge < -0.3 is 20.1 Å². The predicted octanol–water partition coefficient (Wildman–Crippen LogP) is 2.48. The average molecular weight is 333 g/mol. The largest absolute Gasteiger partial charge is 0.506 e. The summed E-state index contributed by atoms with van der Waals surface area (Å²) < 4.78 is 4.77. The minimum atomic E-state index is -1.19. The number of carboxylic acid groups (broad SMARTS) is 1. The summed E-state index contributed by atoms with van der Waals surface area (Å²) in [5, 5.41) is 35.8. The third-order valence-corrected chi connectivity index (χ3v) is 4.01. The highest BCUT2D eigenvalue weighted by Gasteiger charge is 2.23. The summed E-state index contributed by atoms with van der Waals surface area (Å²) in [6.07, 6.45) is 1.17. The Balaban J connectivity index is 2.38. The minimum absolute atomic E-state index is 0.0544. The van der Waals surface area contributed by atoms with Gasteiger partial charge in [0.25, 0.3) is 5.91 Å². The van der Waals surface area contributed by atoms with Crippen LogP contribution in [0.4, 0.5) is 5.00 Å². The molecule has 2 heterocycles. The third kappa shape index (κ3) is 3.07. The quantitative estimate of drug-likeness (QED) is 0.444. The molecule has 2 rings (SSSR count). The van der Waals surface area contributed by atoms with Crippen molar-refractivity contribution in [2.75, 3.05) is 5.32 Å². The second kappa shape index (κ2) is 6.33. The maximum Gasteiger partial charge on any atom is 0.338 e. The van der Waals surface area contributed by atoms with E-state index in [1.807, 2.05) is 0 Å². The van der Waals surface area contributed by atoms with Gasteiger partial charge in [0.2, 0.25) is 0 Å². The lowest BCUT2D eigenvalue weighted by atomic mass is 10.1. The predicted molar refractivity (Wildman–Crippen MR) is 81.0 cm³/mol. The van der Waals surface area contributed by atoms with Gasteiger partial charge in [0.15, 0.2) is 11.3 Å². The fraction of sp³-hybridized carbons (Fsp3) is 0.143. The zero-order valence-electron chi connectivity index (χ0n) is 12.1. The number of aromatic carboxylic acids is 1. The second-order valence-electron chi connectivity index (χ2n) is 4.51. The van der Waals surface area contributed by atoms with Gasteiger partial charge in [-0.3, -0.25) is 4.79 Å². The molecule has 2 aromatic rings. The summed E-state index contributed by atoms with van der Waals surface area (Å²) in [4.78, 5) is 23.4. The number of carboxylic acids is 1. The zero-order valence-corrected chi connectivity index (χ0v) is 12.9. The molecular weight excluding hydrogens is 322 g/mol. The Morgan fingerprint density at radius 3 is 2.61 bits per heavy atom. The number of rotatable bonds is 4. The number of nitriles is 1. The van der Waals surface area contributed by atoms with Gasteiger partial charge >= 0.3 is 5.97 Å². The van der Waals surface area contributed by atoms with Crippen LogP contribution >= 0.6 is 11.3 Å². The first kappa shape index (κ1) is 16.3. The van der Waals surface area contributed by atoms with E-state index in [-0.39, 0.29) is 21.9 Å². The molecule has 0 fully saturated rings. The first-order valence-corrected chi connectivity index (χ1v) is 7.12. The van der Waals surface area contributed by atoms with Gasteiger partial charge in [-0.2, -0.15) is 5.26 Å². The molecular formula is C14H11N3O5S. The van der Waals surface area contributed by atoms with E-state index in [4.69, 9.17) is 14.9 Å². The summed E-state index contributed by atoms with van der Waals surface area (Å²) in [6.45, 7) is 3.10. The van der Waals surface area contributed by atoms with Gasteiger partial charge in [-0.1, -0.05) is 5.16 Å². The number of aromatic nitrogens is 1. The van der Waals surface area contributed by atoms with Crippen molar-refractivity contribution in [3.8, 4) is 6.07 Å². The highest BCUT2D eigenvalue weighted by atomic mass is 32.1. The number of aliphatic hydroxyl groups is 1. The molecule has 0 spiro atoms. The second-order valence-corrected chi connectivity index (χ2v) is 5.39. The summed E-state index contributed by atoms with van der Waals surface area (Å²) in [7, 11) is 0. The number of hydrogen-bond donors (Lipinski definition) is 3. The molecule has 0 aliphatic carbocycles. The number of aryl methyl sites for hydroxylation is 2. The molecule has 23 heavy (non-hydrogen) atoms. The van der Waals surface area contributed by atoms with Gasteiger partial charge in [0.1, 0.15) is 16.8 Å². The molecule has 9 heteroatoms. The molecule has 0 aliphatic rings. The van der Waals surface area contributed by atoms with Crippen LogP contribution in [0.3, 0.4) is 0 Å². The van der Waals surface area contributed by atoms with E-state index in [0.717, 1.165) is 11.3 Å². The first-order valence-electron chi connectivity index (χ1n) is 6.24. The SMILES string of the molecule is Cc1csc(NC(=O)C(C#N)=C(O)c2cnoc2C)c1C(=O)O. The van der Waals surface area contributed by atoms with E-state index in [9.17, 15) is 14.7 Å². The highest BCUT2D eigenvalue weighted by Crippen LogP contribution is 2.29. The smallest absolute Gasteiger partial charge is 0.338 e. The Morgan fingerprint density at radius 2 is 2.09 bits per heavy atom. The van der Waals surface area contributed by atoms with Crippen molar-refractivity contribution in [2.45, 2.75) is 13.8 Å². The van der Waals surface area contributed by atoms with Crippen LogP contribution in [0.5, 0.6) is 0 Å². The van der Waals surface area contributed by atoms with Gasteiger partial charge in [-0.25, -0.2) is 4.79 Å². The summed E-state index contributed by atoms with van der Waals surface area (Å²) in [5.74, 6) is -2.47. The molecule has 0 saturated carbocycles. The molecule has 0 aliphatic heterocycles. The Bertz CT molecular complexity index is 856. The molecule has 3 N–H and O–H groups in total. The van der Waals surface area contributed by atoms with Crippen LogP contribution in [0.15, 0.2) is 21.7 Å². The van der Waals surface area contributed by atoms with Gasteiger partial charge in [0, 0.05) is 0 Å². The fourth-order valence-electron chi connectivity index (χ4n) is 1.84. The number of carbonyl (C=O) groups is 2. The highest BCUT2D eigenvalue weighted by molar-refractivity contribution is 7.15. The van der Waals surface area contributed by atoms with E-state index in [0.29, 0.717) is 5.56 Å². The van der Waals surface area contributed by atoms with Crippen molar-refractivity contribution in [2.24, 2.45) is 0 Å². The van der Waals surface area contributed by atoms with Crippen molar-refractivity contribution in [3.63, 3.8) is 0 Å². The molecule has 2 aromatic heterocycles. The summed E-state index contributed by atoms with van der Waals surface area (Å²) in [6, 6.07) is 1.60. The van der Waals surface area contributed by atoms with Crippen LogP contribution in [-0.2, 0) is 4.79 Å². The van der Waals surface area contributed by atoms with Crippen molar-refractivity contribution < 1.29 is 24.3 Å². The van der Waals surface area contributed by atoms with Crippen LogP contribution in [0.25, 0.3) is 5.76 Å². The number of carbonyl (C=O) groups excluding carboxylic acids is 1. The minimum Gasteiger partial charge on any atom is -0.506 e. The molecule has 0 radical (unpaired) electrons. The third-order valence-electron chi connectivity index (χ3n) is 3.00. The Hall–Kier alpha value is -3.12. The fourth-order valence-corrected chi connectivity index (χ4v) is 2.77. The first-order chi connectivity index (χ1) is 10.9. The maximum absolute atomic E-state index is 12.2. The molecule has 8 nitrogen and oxygen atoms in total. The lowest BCUT2D eigenvalue weighted by Gasteiger charge is -2.05. The lowest BCUT2D eigenvalue weighted by Crippen LogP contribution is -2.16. The van der Waals surface area contributed by atoms with Crippen molar-refractivity contribution in [3.05, 3.63) is 39.6 Å². The molecule has 118 valence electrons. The monoisotopic (exact) mass is 333 g/mol. The molecule has 0 saturated heterocycles. The van der Waals surface area contributed by atoms with E-state index in [2.05, 4.69) is 10.5 Å². The lowest BCUT2D eigenvalue weighted by molar-refractivity contribution is -0.112. The van der Waals surface area contributed by atoms with Crippen LogP contribution in [0.1, 0.15) is 27.2 Å². The Labute approximate surface area is 134 Å². The summed E-state index contributed by atoms with van der Waals surface area (Å²) >= 11 is 1.02. The zero-order chi connectivity index (χ0) is 17.1. The van der Waals surface area contributed by atoms with Gasteiger partial charge in [-0.05, 0) is 24.8 Å². The van der Waals surface area contributed by atoms with Crippen molar-refractivity contribution >= 4 is 34.0 Å². The number of aliphatic hydroxyl groups excluding tert-OH is 1. The van der Waals surface area contributed by atoms with E-state index < -0.39 is 23.2 Å². The molecule has 0 bridgehead atoms. The molecule has 0 unspecified atom stereocenters. The van der Waals surface area contributed by atoms with Gasteiger partial charge in [-0.15, -0.1) is 11.3 Å². The summed E-state index contributed by atoms with van der Waals surface area (Å²) in [5.41, 5.74) is -0.0307. The number of nitrogens with one attached hydrogen (secondary N) is 1. The topological polar surface area (TPSA) is 136 Å². The standard InChI is InChI=1S/C14H11N3O5S/c1-6-5-23-13(10(6)14(20)21)17-12(19)8(3-15)11(18)9-4-16-22-7(9)2/h4-5,18H,1-2H3,(H,17,19)(H,20,21). The average Bonchev–Trinajstić information content (AvgIpc) is 3.05. The van der Waals surface area contributed by atoms with E-state index >= 15 is 0 Å².